The van der Waals surface area contributed by atoms with Gasteiger partial charge in [0, 0.05) is 0 Å². The Hall–Kier alpha value is -3.95. The molecule has 4 rings (SSSR count). The third-order valence-corrected chi connectivity index (χ3v) is 5.64. The molecule has 6 heteroatoms. The summed E-state index contributed by atoms with van der Waals surface area (Å²) in [6.07, 6.45) is 1.44. The molecule has 0 saturated heterocycles. The van der Waals surface area contributed by atoms with Crippen molar-refractivity contribution in [2.24, 2.45) is 0 Å². The second-order valence-electron chi connectivity index (χ2n) is 7.22. The number of para-hydroxylation sites is 1. The van der Waals surface area contributed by atoms with Crippen molar-refractivity contribution in [2.45, 2.75) is 6.61 Å². The van der Waals surface area contributed by atoms with E-state index < -0.39 is 11.7 Å². The molecule has 0 aliphatic heterocycles. The summed E-state index contributed by atoms with van der Waals surface area (Å²) in [5, 5.41) is 14.1. The predicted molar refractivity (Wildman–Crippen MR) is 131 cm³/mol. The number of hydrogen-bond donors (Lipinski definition) is 1. The van der Waals surface area contributed by atoms with Crippen LogP contribution in [0.4, 0.5) is 10.1 Å². The molecule has 0 fully saturated rings. The minimum Gasteiger partial charge on any atom is -0.488 e. The molecule has 1 amide bonds. The molecule has 0 aliphatic rings. The molecule has 0 saturated carbocycles. The van der Waals surface area contributed by atoms with Gasteiger partial charge in [0.1, 0.15) is 29.8 Å². The number of hydrogen-bond acceptors (Lipinski definition) is 3. The van der Waals surface area contributed by atoms with E-state index in [0.717, 1.165) is 16.3 Å². The molecule has 1 N–H and O–H groups in total. The molecule has 4 nitrogen and oxygen atoms in total. The smallest absolute Gasteiger partial charge is 0.266 e. The van der Waals surface area contributed by atoms with Crippen LogP contribution in [0.5, 0.6) is 5.75 Å². The maximum Gasteiger partial charge on any atom is 0.266 e. The van der Waals surface area contributed by atoms with E-state index in [-0.39, 0.29) is 11.3 Å². The van der Waals surface area contributed by atoms with Gasteiger partial charge >= 0.3 is 0 Å². The van der Waals surface area contributed by atoms with E-state index >= 15 is 0 Å². The van der Waals surface area contributed by atoms with Crippen molar-refractivity contribution >= 4 is 44.4 Å². The molecule has 0 heterocycles. The lowest BCUT2D eigenvalue weighted by Crippen LogP contribution is -2.14. The molecule has 4 aromatic rings. The number of fused-ring (bicyclic) bond motifs is 1. The van der Waals surface area contributed by atoms with Crippen LogP contribution in [0.25, 0.3) is 16.8 Å². The van der Waals surface area contributed by atoms with Gasteiger partial charge in [-0.2, -0.15) is 5.26 Å². The first-order chi connectivity index (χ1) is 16.0. The maximum atomic E-state index is 13.8. The number of benzene rings is 4. The van der Waals surface area contributed by atoms with Crippen LogP contribution in [0.15, 0.2) is 95.0 Å². The van der Waals surface area contributed by atoms with Crippen LogP contribution in [-0.2, 0) is 11.4 Å². The summed E-state index contributed by atoms with van der Waals surface area (Å²) in [5.74, 6) is -0.622. The van der Waals surface area contributed by atoms with Crippen molar-refractivity contribution < 1.29 is 13.9 Å². The van der Waals surface area contributed by atoms with Crippen molar-refractivity contribution in [1.29, 1.82) is 5.26 Å². The van der Waals surface area contributed by atoms with E-state index in [1.54, 1.807) is 24.3 Å². The molecule has 0 bridgehead atoms. The number of nitriles is 1. The molecular formula is C27H18BrFN2O2. The van der Waals surface area contributed by atoms with Crippen LogP contribution in [0.2, 0.25) is 0 Å². The summed E-state index contributed by atoms with van der Waals surface area (Å²) in [7, 11) is 0. The van der Waals surface area contributed by atoms with Gasteiger partial charge in [0.2, 0.25) is 0 Å². The maximum absolute atomic E-state index is 13.8. The van der Waals surface area contributed by atoms with Crippen LogP contribution in [0, 0.1) is 17.1 Å². The number of amides is 1. The number of carbonyl (C=O) groups is 1. The van der Waals surface area contributed by atoms with E-state index in [2.05, 4.69) is 39.4 Å². The Bertz CT molecular complexity index is 1400. The number of halogens is 2. The van der Waals surface area contributed by atoms with Crippen molar-refractivity contribution in [3.8, 4) is 11.8 Å². The number of nitrogens with one attached hydrogen (secondary N) is 1. The Labute approximate surface area is 199 Å². The first kappa shape index (κ1) is 22.3. The van der Waals surface area contributed by atoms with Crippen LogP contribution in [0.1, 0.15) is 11.1 Å². The third-order valence-electron chi connectivity index (χ3n) is 5.02. The molecule has 33 heavy (non-hydrogen) atoms. The molecular weight excluding hydrogens is 483 g/mol. The number of carbonyl (C=O) groups excluding carboxylic acids is 1. The first-order valence-electron chi connectivity index (χ1n) is 10.1. The highest BCUT2D eigenvalue weighted by molar-refractivity contribution is 9.10. The zero-order valence-electron chi connectivity index (χ0n) is 17.4. The Kier molecular flexibility index (Phi) is 6.82. The van der Waals surface area contributed by atoms with Gasteiger partial charge in [0.25, 0.3) is 5.91 Å². The van der Waals surface area contributed by atoms with Gasteiger partial charge in [-0.1, -0.05) is 60.7 Å². The number of nitrogens with zero attached hydrogens (tertiary/aromatic N) is 1. The minimum atomic E-state index is -0.685. The van der Waals surface area contributed by atoms with E-state index in [9.17, 15) is 14.4 Å². The fourth-order valence-corrected chi connectivity index (χ4v) is 3.88. The normalized spacial score (nSPS) is 11.1. The fourth-order valence-electron chi connectivity index (χ4n) is 3.37. The summed E-state index contributed by atoms with van der Waals surface area (Å²) in [5.41, 5.74) is 1.57. The SMILES string of the molecule is N#C/C(=C\c1ccc(OCc2cccc3ccccc23)c(Br)c1)C(=O)Nc1ccccc1F. The Morgan fingerprint density at radius 1 is 1.03 bits per heavy atom. The van der Waals surface area contributed by atoms with E-state index in [1.807, 2.05) is 30.3 Å². The van der Waals surface area contributed by atoms with E-state index in [4.69, 9.17) is 4.74 Å². The highest BCUT2D eigenvalue weighted by Gasteiger charge is 2.12. The summed E-state index contributed by atoms with van der Waals surface area (Å²) in [6.45, 7) is 0.392. The van der Waals surface area contributed by atoms with Crippen molar-refractivity contribution in [1.82, 2.24) is 0 Å². The molecule has 0 aromatic heterocycles. The zero-order valence-corrected chi connectivity index (χ0v) is 19.0. The molecule has 0 atom stereocenters. The monoisotopic (exact) mass is 500 g/mol. The first-order valence-corrected chi connectivity index (χ1v) is 10.9. The largest absolute Gasteiger partial charge is 0.488 e. The van der Waals surface area contributed by atoms with Crippen LogP contribution >= 0.6 is 15.9 Å². The lowest BCUT2D eigenvalue weighted by atomic mass is 10.1. The van der Waals surface area contributed by atoms with Gasteiger partial charge in [-0.05, 0) is 68.2 Å². The summed E-state index contributed by atoms with van der Waals surface area (Å²) < 4.78 is 20.5. The average Bonchev–Trinajstić information content (AvgIpc) is 2.83. The topological polar surface area (TPSA) is 62.1 Å². The van der Waals surface area contributed by atoms with Crippen LogP contribution in [-0.4, -0.2) is 5.91 Å². The minimum absolute atomic E-state index is 0.0158. The van der Waals surface area contributed by atoms with Crippen molar-refractivity contribution in [2.75, 3.05) is 5.32 Å². The number of anilines is 1. The molecule has 0 spiro atoms. The second kappa shape index (κ2) is 10.1. The Balaban J connectivity index is 1.49. The molecule has 0 aliphatic carbocycles. The van der Waals surface area contributed by atoms with Gasteiger partial charge in [0.15, 0.2) is 0 Å². The third kappa shape index (κ3) is 5.28. The van der Waals surface area contributed by atoms with Gasteiger partial charge in [-0.3, -0.25) is 4.79 Å². The highest BCUT2D eigenvalue weighted by atomic mass is 79.9. The van der Waals surface area contributed by atoms with Gasteiger partial charge in [0.05, 0.1) is 10.2 Å². The van der Waals surface area contributed by atoms with Gasteiger partial charge < -0.3 is 10.1 Å². The van der Waals surface area contributed by atoms with Gasteiger partial charge in [-0.15, -0.1) is 0 Å². The zero-order chi connectivity index (χ0) is 23.2. The Morgan fingerprint density at radius 3 is 2.58 bits per heavy atom. The Morgan fingerprint density at radius 2 is 1.79 bits per heavy atom. The predicted octanol–water partition coefficient (Wildman–Crippen LogP) is 6.87. The van der Waals surface area contributed by atoms with Gasteiger partial charge in [-0.25, -0.2) is 4.39 Å². The van der Waals surface area contributed by atoms with Crippen LogP contribution in [0.3, 0.4) is 0 Å². The lowest BCUT2D eigenvalue weighted by molar-refractivity contribution is -0.112. The van der Waals surface area contributed by atoms with E-state index in [1.165, 1.54) is 24.3 Å². The summed E-state index contributed by atoms with van der Waals surface area (Å²) in [4.78, 5) is 12.4. The fraction of sp³-hybridized carbons (Fsp3) is 0.0370. The number of rotatable bonds is 6. The van der Waals surface area contributed by atoms with Crippen LogP contribution < -0.4 is 10.1 Å². The second-order valence-corrected chi connectivity index (χ2v) is 8.07. The number of ether oxygens (including phenoxy) is 1. The van der Waals surface area contributed by atoms with Crippen molar-refractivity contribution in [3.05, 3.63) is 112 Å². The molecule has 0 radical (unpaired) electrons. The quantitative estimate of drug-likeness (QED) is 0.232. The average molecular weight is 501 g/mol. The van der Waals surface area contributed by atoms with Crippen molar-refractivity contribution in [3.63, 3.8) is 0 Å². The summed E-state index contributed by atoms with van der Waals surface area (Å²) in [6, 6.07) is 27.1. The molecule has 4 aromatic carbocycles. The van der Waals surface area contributed by atoms with E-state index in [0.29, 0.717) is 22.4 Å². The lowest BCUT2D eigenvalue weighted by Gasteiger charge is -2.11. The molecule has 162 valence electrons. The highest BCUT2D eigenvalue weighted by Crippen LogP contribution is 2.29. The standard InChI is InChI=1S/C27H18BrFN2O2/c28-23-15-18(14-21(16-30)27(32)31-25-11-4-3-10-24(25)29)12-13-26(23)33-17-20-8-5-7-19-6-1-2-9-22(19)20/h1-15H,17H2,(H,31,32)/b21-14+. The summed E-state index contributed by atoms with van der Waals surface area (Å²) >= 11 is 3.50. The molecule has 0 unspecified atom stereocenters.